The van der Waals surface area contributed by atoms with Crippen LogP contribution in [0.4, 0.5) is 5.69 Å². The summed E-state index contributed by atoms with van der Waals surface area (Å²) in [7, 11) is 2.18. The Bertz CT molecular complexity index is 1130. The van der Waals surface area contributed by atoms with Crippen LogP contribution < -0.4 is 9.88 Å². The highest BCUT2D eigenvalue weighted by molar-refractivity contribution is 8.14. The molecule has 35 heavy (non-hydrogen) atoms. The van der Waals surface area contributed by atoms with Crippen LogP contribution in [0, 0.1) is 0 Å². The number of rotatable bonds is 12. The second-order valence-electron chi connectivity index (χ2n) is 9.01. The fourth-order valence-electron chi connectivity index (χ4n) is 3.94. The number of aromatic nitrogens is 3. The van der Waals surface area contributed by atoms with Gasteiger partial charge in [-0.15, -0.1) is 0 Å². The third-order valence-electron chi connectivity index (χ3n) is 6.31. The number of pyridine rings is 1. The summed E-state index contributed by atoms with van der Waals surface area (Å²) in [5, 5.41) is 4.89. The second kappa shape index (κ2) is 13.1. The van der Waals surface area contributed by atoms with Crippen molar-refractivity contribution in [2.45, 2.75) is 45.3 Å². The van der Waals surface area contributed by atoms with E-state index in [1.165, 1.54) is 34.8 Å². The molecule has 6 heteroatoms. The molecule has 1 unspecified atom stereocenters. The molecular formula is C29H37N5S+2. The number of nitrogens with zero attached hydrogens (tertiary/aromatic N) is 4. The Labute approximate surface area is 213 Å². The minimum atomic E-state index is 0.533. The molecule has 182 valence electrons. The fraction of sp³-hybridized carbons (Fsp3) is 0.345. The smallest absolute Gasteiger partial charge is 0.234 e. The van der Waals surface area contributed by atoms with Gasteiger partial charge in [0.1, 0.15) is 13.6 Å². The molecule has 1 N–H and O–H groups in total. The quantitative estimate of drug-likeness (QED) is 0.276. The zero-order valence-electron chi connectivity index (χ0n) is 20.9. The highest BCUT2D eigenvalue weighted by Gasteiger charge is 2.19. The number of aryl methyl sites for hydroxylation is 2. The molecule has 1 aliphatic rings. The fourth-order valence-corrected chi connectivity index (χ4v) is 5.04. The molecule has 3 heterocycles. The lowest BCUT2D eigenvalue weighted by Crippen LogP contribution is -2.32. The predicted molar refractivity (Wildman–Crippen MR) is 149 cm³/mol. The predicted octanol–water partition coefficient (Wildman–Crippen LogP) is 5.36. The molecule has 0 spiro atoms. The standard InChI is InChI=1S/C29H36N5S/c1-25-6-13-29(32(25)2)35-23-4-3-18-33-20-14-27(15-21-33)8-7-26-9-11-28(12-10-26)31-16-5-19-34-22-17-30-24-34/h6-15,17,20-22,24-25H,3-5,16,18-19,23H2,1-2H3/q+1/p+1. The third kappa shape index (κ3) is 7.96. The van der Waals surface area contributed by atoms with Gasteiger partial charge < -0.3 is 9.88 Å². The normalized spacial score (nSPS) is 15.4. The molecule has 0 fully saturated rings. The maximum Gasteiger partial charge on any atom is 0.234 e. The maximum absolute atomic E-state index is 4.08. The lowest BCUT2D eigenvalue weighted by molar-refractivity contribution is -0.697. The van der Waals surface area contributed by atoms with Crippen LogP contribution in [-0.4, -0.2) is 44.6 Å². The molecule has 0 radical (unpaired) electrons. The molecule has 5 nitrogen and oxygen atoms in total. The maximum atomic E-state index is 4.08. The molecule has 1 aromatic carbocycles. The molecule has 0 amide bonds. The molecule has 1 aliphatic heterocycles. The highest BCUT2D eigenvalue weighted by Crippen LogP contribution is 2.15. The van der Waals surface area contributed by atoms with Crippen molar-refractivity contribution < 1.29 is 9.14 Å². The summed E-state index contributed by atoms with van der Waals surface area (Å²) < 4.78 is 6.74. The Kier molecular flexibility index (Phi) is 9.35. The van der Waals surface area contributed by atoms with E-state index in [9.17, 15) is 0 Å². The van der Waals surface area contributed by atoms with E-state index >= 15 is 0 Å². The number of anilines is 1. The zero-order valence-corrected chi connectivity index (χ0v) is 21.7. The number of benzene rings is 1. The number of hydrogen-bond acceptors (Lipinski definition) is 3. The molecule has 3 aromatic rings. The van der Waals surface area contributed by atoms with E-state index in [1.54, 1.807) is 0 Å². The molecule has 0 aliphatic carbocycles. The SMILES string of the molecule is CC1C=CC(SCCCC[n+]2ccc(/C=C/c3ccc(NCCCn4ccnc4)cc3)cc2)=[N+]1C. The van der Waals surface area contributed by atoms with E-state index in [4.69, 9.17) is 0 Å². The van der Waals surface area contributed by atoms with Crippen molar-refractivity contribution in [3.63, 3.8) is 0 Å². The van der Waals surface area contributed by atoms with Gasteiger partial charge in [0, 0.05) is 68.5 Å². The first-order valence-corrected chi connectivity index (χ1v) is 13.5. The van der Waals surface area contributed by atoms with Gasteiger partial charge in [-0.2, -0.15) is 0 Å². The lowest BCUT2D eigenvalue weighted by Gasteiger charge is -2.07. The number of likely N-dealkylation sites (N-methyl/N-ethyl adjacent to an activating group) is 1. The van der Waals surface area contributed by atoms with Gasteiger partial charge in [-0.05, 0) is 42.2 Å². The van der Waals surface area contributed by atoms with Crippen molar-refractivity contribution >= 4 is 34.6 Å². The molecule has 4 rings (SSSR count). The van der Waals surface area contributed by atoms with Gasteiger partial charge >= 0.3 is 0 Å². The average Bonchev–Trinajstić information content (AvgIpc) is 3.52. The van der Waals surface area contributed by atoms with Gasteiger partial charge in [0.25, 0.3) is 0 Å². The second-order valence-corrected chi connectivity index (χ2v) is 10.1. The summed E-state index contributed by atoms with van der Waals surface area (Å²) in [6.45, 7) is 5.24. The van der Waals surface area contributed by atoms with Crippen molar-refractivity contribution in [2.75, 3.05) is 24.7 Å². The van der Waals surface area contributed by atoms with Crippen molar-refractivity contribution in [1.29, 1.82) is 0 Å². The van der Waals surface area contributed by atoms with Crippen molar-refractivity contribution in [3.8, 4) is 0 Å². The van der Waals surface area contributed by atoms with E-state index in [2.05, 4.69) is 111 Å². The molecule has 0 saturated heterocycles. The first kappa shape index (κ1) is 25.0. The molecule has 0 bridgehead atoms. The van der Waals surface area contributed by atoms with Crippen LogP contribution in [0.25, 0.3) is 12.2 Å². The highest BCUT2D eigenvalue weighted by atomic mass is 32.2. The number of nitrogens with one attached hydrogen (secondary N) is 1. The Morgan fingerprint density at radius 3 is 2.49 bits per heavy atom. The Morgan fingerprint density at radius 1 is 1.03 bits per heavy atom. The summed E-state index contributed by atoms with van der Waals surface area (Å²) in [6, 6.07) is 13.5. The van der Waals surface area contributed by atoms with Crippen molar-refractivity contribution in [1.82, 2.24) is 9.55 Å². The van der Waals surface area contributed by atoms with Crippen LogP contribution in [0.15, 0.2) is 79.7 Å². The average molecular weight is 488 g/mol. The summed E-state index contributed by atoms with van der Waals surface area (Å²) in [4.78, 5) is 4.08. The van der Waals surface area contributed by atoms with Crippen LogP contribution in [0.3, 0.4) is 0 Å². The van der Waals surface area contributed by atoms with Crippen LogP contribution in [0.1, 0.15) is 37.3 Å². The van der Waals surface area contributed by atoms with Crippen LogP contribution >= 0.6 is 11.8 Å². The van der Waals surface area contributed by atoms with Crippen LogP contribution in [0.2, 0.25) is 0 Å². The summed E-state index contributed by atoms with van der Waals surface area (Å²) in [5.74, 6) is 1.18. The summed E-state index contributed by atoms with van der Waals surface area (Å²) >= 11 is 1.97. The zero-order chi connectivity index (χ0) is 24.3. The topological polar surface area (TPSA) is 36.7 Å². The van der Waals surface area contributed by atoms with E-state index in [-0.39, 0.29) is 0 Å². The van der Waals surface area contributed by atoms with E-state index < -0.39 is 0 Å². The molecule has 0 saturated carbocycles. The Balaban J connectivity index is 1.14. The van der Waals surface area contributed by atoms with Gasteiger partial charge in [0.2, 0.25) is 5.04 Å². The number of imidazole rings is 1. The van der Waals surface area contributed by atoms with Crippen molar-refractivity contribution in [3.05, 3.63) is 90.8 Å². The molecule has 1 atom stereocenters. The van der Waals surface area contributed by atoms with Crippen LogP contribution in [-0.2, 0) is 13.1 Å². The van der Waals surface area contributed by atoms with Gasteiger partial charge in [-0.3, -0.25) is 0 Å². The Hall–Kier alpha value is -3.12. The van der Waals surface area contributed by atoms with E-state index in [0.717, 1.165) is 31.7 Å². The minimum absolute atomic E-state index is 0.533. The number of hydrogen-bond donors (Lipinski definition) is 1. The first-order valence-electron chi connectivity index (χ1n) is 12.5. The summed E-state index contributed by atoms with van der Waals surface area (Å²) in [6.07, 6.45) is 22.4. The monoisotopic (exact) mass is 487 g/mol. The van der Waals surface area contributed by atoms with E-state index in [0.29, 0.717) is 6.04 Å². The minimum Gasteiger partial charge on any atom is -0.385 e. The number of thioether (sulfide) groups is 1. The first-order chi connectivity index (χ1) is 17.2. The van der Waals surface area contributed by atoms with Crippen molar-refractivity contribution in [2.24, 2.45) is 0 Å². The molecule has 2 aromatic heterocycles. The van der Waals surface area contributed by atoms with Gasteiger partial charge in [-0.1, -0.05) is 36.0 Å². The molecular weight excluding hydrogens is 450 g/mol. The van der Waals surface area contributed by atoms with Gasteiger partial charge in [0.05, 0.1) is 6.33 Å². The van der Waals surface area contributed by atoms with Gasteiger partial charge in [0.15, 0.2) is 18.4 Å². The third-order valence-corrected chi connectivity index (χ3v) is 7.53. The largest absolute Gasteiger partial charge is 0.385 e. The number of unbranched alkanes of at least 4 members (excludes halogenated alkanes) is 1. The summed E-state index contributed by atoms with van der Waals surface area (Å²) in [5.41, 5.74) is 3.59. The van der Waals surface area contributed by atoms with Crippen LogP contribution in [0.5, 0.6) is 0 Å². The van der Waals surface area contributed by atoms with Gasteiger partial charge in [-0.25, -0.2) is 14.1 Å². The van der Waals surface area contributed by atoms with E-state index in [1.807, 2.05) is 30.5 Å². The lowest BCUT2D eigenvalue weighted by atomic mass is 10.1. The Morgan fingerprint density at radius 2 is 1.80 bits per heavy atom.